The minimum absolute atomic E-state index is 0.0184. The summed E-state index contributed by atoms with van der Waals surface area (Å²) in [6.45, 7) is 7.59. The second-order valence-electron chi connectivity index (χ2n) is 5.32. The lowest BCUT2D eigenvalue weighted by atomic mass is 9.99. The molecule has 0 saturated heterocycles. The summed E-state index contributed by atoms with van der Waals surface area (Å²) in [5.74, 6) is 0.509. The molecule has 3 heteroatoms. The van der Waals surface area contributed by atoms with Gasteiger partial charge in [-0.1, -0.05) is 30.5 Å². The fourth-order valence-electron chi connectivity index (χ4n) is 2.44. The van der Waals surface area contributed by atoms with Gasteiger partial charge >= 0.3 is 0 Å². The number of amides is 1. The van der Waals surface area contributed by atoms with Crippen LogP contribution in [0.3, 0.4) is 0 Å². The van der Waals surface area contributed by atoms with Crippen LogP contribution in [0.4, 0.5) is 0 Å². The summed E-state index contributed by atoms with van der Waals surface area (Å²) in [7, 11) is 0. The van der Waals surface area contributed by atoms with Crippen molar-refractivity contribution in [3.8, 4) is 0 Å². The lowest BCUT2D eigenvalue weighted by Crippen LogP contribution is -2.30. The Morgan fingerprint density at radius 1 is 1.21 bits per heavy atom. The van der Waals surface area contributed by atoms with Crippen LogP contribution in [0, 0.1) is 19.8 Å². The van der Waals surface area contributed by atoms with Crippen molar-refractivity contribution in [1.29, 1.82) is 0 Å². The molecule has 1 aromatic carbocycles. The van der Waals surface area contributed by atoms with E-state index >= 15 is 0 Å². The molecule has 0 aliphatic rings. The van der Waals surface area contributed by atoms with E-state index in [1.807, 2.05) is 26.0 Å². The van der Waals surface area contributed by atoms with Gasteiger partial charge in [-0.05, 0) is 51.3 Å². The van der Waals surface area contributed by atoms with Crippen LogP contribution in [0.15, 0.2) is 18.2 Å². The van der Waals surface area contributed by atoms with Gasteiger partial charge in [0.15, 0.2) is 0 Å². The van der Waals surface area contributed by atoms with Gasteiger partial charge in [0.25, 0.3) is 5.91 Å². The predicted octanol–water partition coefficient (Wildman–Crippen LogP) is 2.80. The van der Waals surface area contributed by atoms with Crippen molar-refractivity contribution in [2.45, 2.75) is 40.0 Å². The maximum atomic E-state index is 12.1. The number of nitrogens with one attached hydrogen (secondary N) is 1. The molecule has 0 saturated carbocycles. The lowest BCUT2D eigenvalue weighted by Gasteiger charge is -2.16. The highest BCUT2D eigenvalue weighted by Gasteiger charge is 2.11. The Morgan fingerprint density at radius 3 is 2.37 bits per heavy atom. The van der Waals surface area contributed by atoms with Crippen molar-refractivity contribution in [3.63, 3.8) is 0 Å². The van der Waals surface area contributed by atoms with Crippen LogP contribution in [0.2, 0.25) is 0 Å². The highest BCUT2D eigenvalue weighted by molar-refractivity contribution is 5.94. The molecule has 0 aliphatic carbocycles. The summed E-state index contributed by atoms with van der Waals surface area (Å²) in [5.41, 5.74) is 8.60. The molecule has 0 bridgehead atoms. The zero-order chi connectivity index (χ0) is 14.3. The van der Waals surface area contributed by atoms with Gasteiger partial charge in [-0.15, -0.1) is 0 Å². The molecule has 0 heterocycles. The van der Waals surface area contributed by atoms with E-state index in [0.717, 1.165) is 42.5 Å². The zero-order valence-electron chi connectivity index (χ0n) is 12.3. The second-order valence-corrected chi connectivity index (χ2v) is 5.32. The van der Waals surface area contributed by atoms with E-state index in [-0.39, 0.29) is 5.91 Å². The van der Waals surface area contributed by atoms with Crippen molar-refractivity contribution in [3.05, 3.63) is 34.9 Å². The van der Waals surface area contributed by atoms with Crippen LogP contribution >= 0.6 is 0 Å². The number of rotatable bonds is 7. The zero-order valence-corrected chi connectivity index (χ0v) is 12.3. The van der Waals surface area contributed by atoms with Crippen molar-refractivity contribution in [1.82, 2.24) is 5.32 Å². The molecule has 0 radical (unpaired) electrons. The summed E-state index contributed by atoms with van der Waals surface area (Å²) in [6, 6.07) is 5.94. The van der Waals surface area contributed by atoms with Gasteiger partial charge < -0.3 is 11.1 Å². The van der Waals surface area contributed by atoms with E-state index in [4.69, 9.17) is 5.73 Å². The van der Waals surface area contributed by atoms with Gasteiger partial charge in [-0.3, -0.25) is 4.79 Å². The van der Waals surface area contributed by atoms with Gasteiger partial charge in [-0.25, -0.2) is 0 Å². The van der Waals surface area contributed by atoms with Gasteiger partial charge in [0, 0.05) is 12.1 Å². The van der Waals surface area contributed by atoms with E-state index in [9.17, 15) is 4.79 Å². The Kier molecular flexibility index (Phi) is 6.57. The SMILES string of the molecule is CCCC(CCN)CNC(=O)c1cc(C)cc(C)c1. The van der Waals surface area contributed by atoms with Crippen LogP contribution in [0.25, 0.3) is 0 Å². The van der Waals surface area contributed by atoms with Gasteiger partial charge in [0.1, 0.15) is 0 Å². The first-order chi connectivity index (χ1) is 9.06. The molecule has 1 aromatic rings. The average Bonchev–Trinajstić information content (AvgIpc) is 2.35. The standard InChI is InChI=1S/C16H26N2O/c1-4-5-14(6-7-17)11-18-16(19)15-9-12(2)8-13(3)10-15/h8-10,14H,4-7,11,17H2,1-3H3,(H,18,19). The third kappa shape index (κ3) is 5.43. The molecule has 1 rings (SSSR count). The van der Waals surface area contributed by atoms with Crippen LogP contribution in [-0.2, 0) is 0 Å². The largest absolute Gasteiger partial charge is 0.352 e. The van der Waals surface area contributed by atoms with Gasteiger partial charge in [0.2, 0.25) is 0 Å². The minimum atomic E-state index is 0.0184. The fourth-order valence-corrected chi connectivity index (χ4v) is 2.44. The first-order valence-corrected chi connectivity index (χ1v) is 7.13. The van der Waals surface area contributed by atoms with Crippen molar-refractivity contribution in [2.24, 2.45) is 11.7 Å². The molecule has 3 N–H and O–H groups in total. The number of hydrogen-bond acceptors (Lipinski definition) is 2. The lowest BCUT2D eigenvalue weighted by molar-refractivity contribution is 0.0945. The van der Waals surface area contributed by atoms with Crippen LogP contribution in [0.5, 0.6) is 0 Å². The Morgan fingerprint density at radius 2 is 1.84 bits per heavy atom. The minimum Gasteiger partial charge on any atom is -0.352 e. The Hall–Kier alpha value is -1.35. The molecule has 1 unspecified atom stereocenters. The van der Waals surface area contributed by atoms with Crippen LogP contribution in [0.1, 0.15) is 47.7 Å². The molecular weight excluding hydrogens is 236 g/mol. The van der Waals surface area contributed by atoms with E-state index in [0.29, 0.717) is 12.5 Å². The fraction of sp³-hybridized carbons (Fsp3) is 0.562. The predicted molar refractivity (Wildman–Crippen MR) is 80.3 cm³/mol. The van der Waals surface area contributed by atoms with Crippen molar-refractivity contribution in [2.75, 3.05) is 13.1 Å². The molecular formula is C16H26N2O. The molecule has 19 heavy (non-hydrogen) atoms. The van der Waals surface area contributed by atoms with E-state index in [1.54, 1.807) is 0 Å². The maximum absolute atomic E-state index is 12.1. The number of aryl methyl sites for hydroxylation is 2. The summed E-state index contributed by atoms with van der Waals surface area (Å²) in [6.07, 6.45) is 3.22. The number of hydrogen-bond donors (Lipinski definition) is 2. The van der Waals surface area contributed by atoms with E-state index < -0.39 is 0 Å². The summed E-state index contributed by atoms with van der Waals surface area (Å²) in [5, 5.41) is 3.03. The van der Waals surface area contributed by atoms with Crippen LogP contribution in [-0.4, -0.2) is 19.0 Å². The monoisotopic (exact) mass is 262 g/mol. The Labute approximate surface area is 116 Å². The molecule has 1 atom stereocenters. The van der Waals surface area contributed by atoms with Gasteiger partial charge in [0.05, 0.1) is 0 Å². The summed E-state index contributed by atoms with van der Waals surface area (Å²) in [4.78, 5) is 12.1. The highest BCUT2D eigenvalue weighted by atomic mass is 16.1. The number of carbonyl (C=O) groups excluding carboxylic acids is 1. The third-order valence-corrected chi connectivity index (χ3v) is 3.31. The smallest absolute Gasteiger partial charge is 0.251 e. The molecule has 1 amide bonds. The normalized spacial score (nSPS) is 12.2. The quantitative estimate of drug-likeness (QED) is 0.794. The number of carbonyl (C=O) groups is 1. The van der Waals surface area contributed by atoms with Crippen molar-refractivity contribution < 1.29 is 4.79 Å². The molecule has 0 aliphatic heterocycles. The molecule has 0 fully saturated rings. The van der Waals surface area contributed by atoms with E-state index in [2.05, 4.69) is 18.3 Å². The maximum Gasteiger partial charge on any atom is 0.251 e. The first kappa shape index (κ1) is 15.7. The summed E-state index contributed by atoms with van der Waals surface area (Å²) >= 11 is 0. The topological polar surface area (TPSA) is 55.1 Å². The Balaban J connectivity index is 2.58. The van der Waals surface area contributed by atoms with Crippen molar-refractivity contribution >= 4 is 5.91 Å². The average molecular weight is 262 g/mol. The Bertz CT molecular complexity index is 389. The molecule has 0 aromatic heterocycles. The number of nitrogens with two attached hydrogens (primary N) is 1. The van der Waals surface area contributed by atoms with Crippen LogP contribution < -0.4 is 11.1 Å². The van der Waals surface area contributed by atoms with Gasteiger partial charge in [-0.2, -0.15) is 0 Å². The molecule has 0 spiro atoms. The molecule has 3 nitrogen and oxygen atoms in total. The number of benzene rings is 1. The highest BCUT2D eigenvalue weighted by Crippen LogP contribution is 2.11. The third-order valence-electron chi connectivity index (χ3n) is 3.31. The van der Waals surface area contributed by atoms with E-state index in [1.165, 1.54) is 0 Å². The molecule has 106 valence electrons. The first-order valence-electron chi connectivity index (χ1n) is 7.13. The summed E-state index contributed by atoms with van der Waals surface area (Å²) < 4.78 is 0. The second kappa shape index (κ2) is 7.95.